The predicted molar refractivity (Wildman–Crippen MR) is 74.9 cm³/mol. The zero-order valence-electron chi connectivity index (χ0n) is 9.61. The Balaban J connectivity index is 1.89. The van der Waals surface area contributed by atoms with Crippen LogP contribution in [0.3, 0.4) is 0 Å². The van der Waals surface area contributed by atoms with Crippen molar-refractivity contribution in [2.75, 3.05) is 0 Å². The van der Waals surface area contributed by atoms with Crippen molar-refractivity contribution in [2.24, 2.45) is 0 Å². The van der Waals surface area contributed by atoms with Crippen molar-refractivity contribution in [1.29, 1.82) is 0 Å². The van der Waals surface area contributed by atoms with Crippen LogP contribution in [0.15, 0.2) is 52.0 Å². The molecule has 0 saturated heterocycles. The molecule has 0 atom stereocenters. The van der Waals surface area contributed by atoms with E-state index in [1.807, 2.05) is 24.3 Å². The van der Waals surface area contributed by atoms with Crippen LogP contribution in [0.5, 0.6) is 0 Å². The molecule has 6 heteroatoms. The highest BCUT2D eigenvalue weighted by atomic mass is 32.2. The van der Waals surface area contributed by atoms with E-state index >= 15 is 0 Å². The van der Waals surface area contributed by atoms with Crippen LogP contribution in [0.1, 0.15) is 9.67 Å². The summed E-state index contributed by atoms with van der Waals surface area (Å²) in [5.41, 5.74) is 0.883. The first kappa shape index (κ1) is 12.1. The number of thiophene rings is 1. The molecule has 0 radical (unpaired) electrons. The molecule has 3 aromatic rings. The van der Waals surface area contributed by atoms with Gasteiger partial charge in [-0.2, -0.15) is 0 Å². The van der Waals surface area contributed by atoms with Crippen LogP contribution in [0, 0.1) is 0 Å². The number of carbonyl (C=O) groups is 1. The van der Waals surface area contributed by atoms with Crippen molar-refractivity contribution >= 4 is 40.0 Å². The lowest BCUT2D eigenvalue weighted by molar-refractivity contribution is 0.0702. The predicted octanol–water partition coefficient (Wildman–Crippen LogP) is 3.54. The molecule has 0 aliphatic rings. The Labute approximate surface area is 117 Å². The molecule has 2 aromatic heterocycles. The summed E-state index contributed by atoms with van der Waals surface area (Å²) in [6.45, 7) is 0. The van der Waals surface area contributed by atoms with Crippen LogP contribution in [0.4, 0.5) is 0 Å². The Morgan fingerprint density at radius 1 is 1.32 bits per heavy atom. The number of aromatic carboxylic acids is 1. The molecule has 0 bridgehead atoms. The third-order valence-corrected chi connectivity index (χ3v) is 4.38. The summed E-state index contributed by atoms with van der Waals surface area (Å²) in [7, 11) is 0. The minimum atomic E-state index is -0.906. The minimum absolute atomic E-state index is 0.322. The van der Waals surface area contributed by atoms with Crippen LogP contribution in [0.25, 0.3) is 10.9 Å². The number of nitrogens with zero attached hydrogens (tertiary/aromatic N) is 2. The van der Waals surface area contributed by atoms with Crippen LogP contribution in [-0.2, 0) is 0 Å². The van der Waals surface area contributed by atoms with Gasteiger partial charge < -0.3 is 5.11 Å². The maximum atomic E-state index is 10.8. The molecule has 0 aliphatic heterocycles. The Hall–Kier alpha value is -1.92. The van der Waals surface area contributed by atoms with Crippen molar-refractivity contribution in [1.82, 2.24) is 9.97 Å². The van der Waals surface area contributed by atoms with Gasteiger partial charge in [-0.1, -0.05) is 18.2 Å². The van der Waals surface area contributed by atoms with E-state index in [1.165, 1.54) is 23.1 Å². The summed E-state index contributed by atoms with van der Waals surface area (Å²) in [6.07, 6.45) is 1.77. The first-order chi connectivity index (χ1) is 9.22. The number of hydrogen-bond donors (Lipinski definition) is 1. The number of carboxylic acids is 1. The van der Waals surface area contributed by atoms with Crippen LogP contribution in [-0.4, -0.2) is 21.0 Å². The van der Waals surface area contributed by atoms with Gasteiger partial charge >= 0.3 is 5.97 Å². The quantitative estimate of drug-likeness (QED) is 0.747. The zero-order chi connectivity index (χ0) is 13.2. The number of benzene rings is 1. The largest absolute Gasteiger partial charge is 0.477 e. The standard InChI is InChI=1S/C13H8N2O2S2/c16-12(17)11-5-9(7-18-11)19-13-14-6-8-3-1-2-4-10(8)15-13/h1-7H,(H,16,17). The van der Waals surface area contributed by atoms with Gasteiger partial charge in [0.15, 0.2) is 5.16 Å². The van der Waals surface area contributed by atoms with Crippen LogP contribution in [0.2, 0.25) is 0 Å². The first-order valence-corrected chi connectivity index (χ1v) is 7.13. The molecule has 0 unspecified atom stereocenters. The summed E-state index contributed by atoms with van der Waals surface area (Å²) in [5, 5.41) is 12.3. The average Bonchev–Trinajstić information content (AvgIpc) is 2.87. The molecule has 0 amide bonds. The molecular formula is C13H8N2O2S2. The molecule has 2 heterocycles. The average molecular weight is 288 g/mol. The molecule has 0 spiro atoms. The summed E-state index contributed by atoms with van der Waals surface area (Å²) >= 11 is 2.57. The van der Waals surface area contributed by atoms with E-state index in [9.17, 15) is 4.79 Å². The van der Waals surface area contributed by atoms with Crippen molar-refractivity contribution in [2.45, 2.75) is 10.1 Å². The number of para-hydroxylation sites is 1. The normalized spacial score (nSPS) is 10.7. The van der Waals surface area contributed by atoms with E-state index in [4.69, 9.17) is 5.11 Å². The number of fused-ring (bicyclic) bond motifs is 1. The maximum Gasteiger partial charge on any atom is 0.345 e. The Morgan fingerprint density at radius 2 is 2.16 bits per heavy atom. The van der Waals surface area contributed by atoms with E-state index in [0.717, 1.165) is 15.8 Å². The molecule has 0 saturated carbocycles. The SMILES string of the molecule is O=C(O)c1cc(Sc2ncc3ccccc3n2)cs1. The lowest BCUT2D eigenvalue weighted by atomic mass is 10.2. The first-order valence-electron chi connectivity index (χ1n) is 5.44. The molecule has 94 valence electrons. The minimum Gasteiger partial charge on any atom is -0.477 e. The number of aromatic nitrogens is 2. The van der Waals surface area contributed by atoms with Crippen molar-refractivity contribution in [3.05, 3.63) is 46.8 Å². The van der Waals surface area contributed by atoms with E-state index in [1.54, 1.807) is 17.6 Å². The molecule has 0 fully saturated rings. The zero-order valence-corrected chi connectivity index (χ0v) is 11.2. The van der Waals surface area contributed by atoms with Gasteiger partial charge in [0.1, 0.15) is 4.88 Å². The molecule has 19 heavy (non-hydrogen) atoms. The Bertz CT molecular complexity index is 755. The molecule has 1 aromatic carbocycles. The monoisotopic (exact) mass is 288 g/mol. The van der Waals surface area contributed by atoms with Gasteiger partial charge in [-0.05, 0) is 23.9 Å². The van der Waals surface area contributed by atoms with E-state index in [0.29, 0.717) is 10.0 Å². The lowest BCUT2D eigenvalue weighted by Gasteiger charge is -1.99. The Kier molecular flexibility index (Phi) is 3.18. The number of hydrogen-bond acceptors (Lipinski definition) is 5. The highest BCUT2D eigenvalue weighted by molar-refractivity contribution is 7.99. The van der Waals surface area contributed by atoms with Gasteiger partial charge in [-0.15, -0.1) is 11.3 Å². The van der Waals surface area contributed by atoms with Crippen molar-refractivity contribution < 1.29 is 9.90 Å². The highest BCUT2D eigenvalue weighted by Gasteiger charge is 2.09. The molecule has 4 nitrogen and oxygen atoms in total. The van der Waals surface area contributed by atoms with Gasteiger partial charge in [0.25, 0.3) is 0 Å². The van der Waals surface area contributed by atoms with Crippen molar-refractivity contribution in [3.63, 3.8) is 0 Å². The van der Waals surface area contributed by atoms with E-state index in [-0.39, 0.29) is 0 Å². The second kappa shape index (κ2) is 4.99. The summed E-state index contributed by atoms with van der Waals surface area (Å²) in [4.78, 5) is 20.7. The number of rotatable bonds is 3. The van der Waals surface area contributed by atoms with Gasteiger partial charge in [0.2, 0.25) is 0 Å². The summed E-state index contributed by atoms with van der Waals surface area (Å²) in [5.74, 6) is -0.906. The smallest absolute Gasteiger partial charge is 0.345 e. The summed E-state index contributed by atoms with van der Waals surface area (Å²) < 4.78 is 0. The fraction of sp³-hybridized carbons (Fsp3) is 0. The third-order valence-electron chi connectivity index (χ3n) is 2.46. The van der Waals surface area contributed by atoms with Gasteiger partial charge in [0.05, 0.1) is 5.52 Å². The second-order valence-corrected chi connectivity index (χ2v) is 5.72. The number of carboxylic acid groups (broad SMARTS) is 1. The molecule has 3 rings (SSSR count). The maximum absolute atomic E-state index is 10.8. The second-order valence-electron chi connectivity index (χ2n) is 3.77. The van der Waals surface area contributed by atoms with E-state index in [2.05, 4.69) is 9.97 Å². The fourth-order valence-corrected chi connectivity index (χ4v) is 3.25. The van der Waals surface area contributed by atoms with Crippen LogP contribution >= 0.6 is 23.1 Å². The topological polar surface area (TPSA) is 63.1 Å². The van der Waals surface area contributed by atoms with Gasteiger partial charge in [-0.3, -0.25) is 0 Å². The highest BCUT2D eigenvalue weighted by Crippen LogP contribution is 2.29. The lowest BCUT2D eigenvalue weighted by Crippen LogP contribution is -1.90. The van der Waals surface area contributed by atoms with Gasteiger partial charge in [0, 0.05) is 21.9 Å². The Morgan fingerprint density at radius 3 is 2.95 bits per heavy atom. The molecule has 0 aliphatic carbocycles. The van der Waals surface area contributed by atoms with Crippen molar-refractivity contribution in [3.8, 4) is 0 Å². The molecule has 1 N–H and O–H groups in total. The fourth-order valence-electron chi connectivity index (χ4n) is 1.59. The molecular weight excluding hydrogens is 280 g/mol. The summed E-state index contributed by atoms with van der Waals surface area (Å²) in [6, 6.07) is 9.39. The van der Waals surface area contributed by atoms with Crippen LogP contribution < -0.4 is 0 Å². The van der Waals surface area contributed by atoms with Gasteiger partial charge in [-0.25, -0.2) is 14.8 Å². The van der Waals surface area contributed by atoms with E-state index < -0.39 is 5.97 Å². The third kappa shape index (κ3) is 2.59.